The summed E-state index contributed by atoms with van der Waals surface area (Å²) in [6, 6.07) is 167. The van der Waals surface area contributed by atoms with Crippen molar-refractivity contribution in [1.29, 1.82) is 0 Å². The number of hydrogen-bond acceptors (Lipinski definition) is 4. The van der Waals surface area contributed by atoms with Gasteiger partial charge in [-0.1, -0.05) is 352 Å². The molecule has 0 spiro atoms. The third-order valence-electron chi connectivity index (χ3n) is 24.8. The second-order valence-corrected chi connectivity index (χ2v) is 35.6. The molecule has 0 amide bonds. The number of nitrogens with zero attached hydrogens (tertiary/aromatic N) is 5. The smallest absolute Gasteiger partial charge is 0.537 e. The summed E-state index contributed by atoms with van der Waals surface area (Å²) >= 11 is 19.3. The molecule has 25 aromatic rings. The van der Waals surface area contributed by atoms with Gasteiger partial charge in [0.15, 0.2) is 0 Å². The minimum Gasteiger partial charge on any atom is -0.537 e. The van der Waals surface area contributed by atoms with Gasteiger partial charge in [-0.25, -0.2) is 0 Å². The fourth-order valence-electron chi connectivity index (χ4n) is 19.2. The first kappa shape index (κ1) is 86.5. The molecule has 0 bridgehead atoms. The van der Waals surface area contributed by atoms with Crippen molar-refractivity contribution in [3.8, 4) is 89.8 Å². The average Bonchev–Trinajstić information content (AvgIpc) is 1.58. The molecule has 0 aliphatic heterocycles. The van der Waals surface area contributed by atoms with E-state index in [9.17, 15) is 0 Å². The van der Waals surface area contributed by atoms with E-state index in [0.717, 1.165) is 88.0 Å². The van der Waals surface area contributed by atoms with Crippen LogP contribution >= 0.6 is 55.1 Å². The summed E-state index contributed by atoms with van der Waals surface area (Å²) in [6.07, 6.45) is 0. The maximum absolute atomic E-state index is 9.02. The summed E-state index contributed by atoms with van der Waals surface area (Å²) in [5, 5.41) is 39.7. The lowest BCUT2D eigenvalue weighted by atomic mass is 9.81. The van der Waals surface area contributed by atoms with Crippen molar-refractivity contribution in [3.63, 3.8) is 0 Å². The minimum absolute atomic E-state index is 0.525. The van der Waals surface area contributed by atoms with Gasteiger partial charge in [0.05, 0.1) is 55.2 Å². The second-order valence-electron chi connectivity index (χ2n) is 32.9. The fraction of sp³-hybridized carbons (Fsp3) is 0. The molecule has 0 fully saturated rings. The average molecular weight is 1910 g/mol. The Labute approximate surface area is 808 Å². The molecule has 15 heteroatoms. The number of aromatic nitrogens is 5. The Morgan fingerprint density at radius 3 is 0.748 bits per heavy atom. The molecule has 9 nitrogen and oxygen atoms in total. The lowest BCUT2D eigenvalue weighted by molar-refractivity contribution is 0.425. The van der Waals surface area contributed by atoms with Gasteiger partial charge in [0.25, 0.3) is 0 Å². The Morgan fingerprint density at radius 2 is 0.459 bits per heavy atom. The lowest BCUT2D eigenvalue weighted by Crippen LogP contribution is -2.29. The number of para-hydroxylation sites is 10. The predicted molar refractivity (Wildman–Crippen MR) is 575 cm³/mol. The SMILES string of the molecule is Clc1cc(-c2cccc3c2c2ccccc2n3-c2ccccc2)cc(-c2cccc3c2c2ccccc2n3-c2ccccc2)c1.Clc1cc(Br)cc(Br)c1.OB(O)c1ccccc1.O[B]Oc1cccc2c1c1ccccc1n2-c1ccccc1.c1ccc(-c2cc(-c3cccc4c3c3ccccc3n4-c3ccccc3)cc(-c3cccc4c3c3ccccc3n4-c3ccccc3)c2)cc1. The lowest BCUT2D eigenvalue weighted by Gasteiger charge is -2.14. The Morgan fingerprint density at radius 1 is 0.222 bits per heavy atom. The zero-order chi connectivity index (χ0) is 91.4. The Kier molecular flexibility index (Phi) is 24.7. The Balaban J connectivity index is 0.000000116. The zero-order valence-electron chi connectivity index (χ0n) is 72.8. The Bertz CT molecular complexity index is 8260. The van der Waals surface area contributed by atoms with Crippen LogP contribution in [0.25, 0.3) is 193 Å². The third-order valence-corrected chi connectivity index (χ3v) is 26.2. The van der Waals surface area contributed by atoms with Crippen molar-refractivity contribution in [2.24, 2.45) is 0 Å². The van der Waals surface area contributed by atoms with Crippen molar-refractivity contribution in [2.45, 2.75) is 0 Å². The van der Waals surface area contributed by atoms with Crippen LogP contribution in [0.1, 0.15) is 0 Å². The summed E-state index contributed by atoms with van der Waals surface area (Å²) in [6.45, 7) is 0. The fourth-order valence-corrected chi connectivity index (χ4v) is 21.3. The standard InChI is InChI=1S/C48H32N2.C42H27ClN2.C18H13BNO2.C6H7BO2.C6H3Br2Cl/c1-4-16-33(17-5-1)34-30-35(39-24-14-28-45-47(39)41-22-10-12-26-43(41)49(45)37-18-6-2-7-19-37)32-36(31-34)40-25-15-29-46-48(40)42-23-11-13-27-44(42)50(46)38-20-8-3-9-21-38;43-30-26-28(33-19-11-23-39-41(33)35-17-7-9-21-37(35)44(39)31-13-3-1-4-14-31)25-29(27-30)34-20-12-24-40-42(34)36-18-8-10-22-38(36)45(40)32-15-5-2-6-16-32;21-19-22-17-12-6-11-16-18(17)14-9-4-5-10-15(14)20(16)13-7-2-1-3-8-13;8-7(9)6-4-2-1-3-5-6;7-4-1-5(8)3-6(9)2-4/h1-32H;1-27H;1-12,21H;1-5,8-9H;1-3H. The molecule has 0 unspecified atom stereocenters. The quantitative estimate of drug-likeness (QED) is 0.100. The Hall–Kier alpha value is -15.3. The highest BCUT2D eigenvalue weighted by atomic mass is 79.9. The molecule has 5 heterocycles. The van der Waals surface area contributed by atoms with Crippen molar-refractivity contribution < 1.29 is 19.7 Å². The van der Waals surface area contributed by atoms with Crippen LogP contribution in [0.4, 0.5) is 0 Å². The topological polar surface area (TPSA) is 94.6 Å². The first-order chi connectivity index (χ1) is 66.5. The molecule has 20 aromatic carbocycles. The van der Waals surface area contributed by atoms with Gasteiger partial charge in [0.2, 0.25) is 0 Å². The number of hydrogen-bond donors (Lipinski definition) is 3. The zero-order valence-corrected chi connectivity index (χ0v) is 77.4. The van der Waals surface area contributed by atoms with Crippen LogP contribution in [-0.2, 0) is 0 Å². The number of fused-ring (bicyclic) bond motifs is 15. The molecule has 645 valence electrons. The van der Waals surface area contributed by atoms with E-state index in [-0.39, 0.29) is 0 Å². The maximum atomic E-state index is 9.02. The van der Waals surface area contributed by atoms with E-state index in [1.165, 1.54) is 132 Å². The number of rotatable bonds is 13. The third kappa shape index (κ3) is 17.0. The molecule has 5 aromatic heterocycles. The van der Waals surface area contributed by atoms with E-state index in [2.05, 4.69) is 443 Å². The highest BCUT2D eigenvalue weighted by Gasteiger charge is 2.25. The predicted octanol–water partition coefficient (Wildman–Crippen LogP) is 31.7. The second kappa shape index (κ2) is 38.5. The summed E-state index contributed by atoms with van der Waals surface area (Å²) in [5.74, 6) is 0.644. The van der Waals surface area contributed by atoms with Gasteiger partial charge in [0, 0.05) is 101 Å². The van der Waals surface area contributed by atoms with Crippen LogP contribution in [0.3, 0.4) is 0 Å². The molecule has 0 saturated carbocycles. The highest BCUT2D eigenvalue weighted by molar-refractivity contribution is 9.11. The van der Waals surface area contributed by atoms with Crippen molar-refractivity contribution in [2.75, 3.05) is 0 Å². The van der Waals surface area contributed by atoms with E-state index in [4.69, 9.17) is 42.9 Å². The van der Waals surface area contributed by atoms with Crippen LogP contribution < -0.4 is 10.1 Å². The van der Waals surface area contributed by atoms with Gasteiger partial charge >= 0.3 is 14.8 Å². The maximum Gasteiger partial charge on any atom is 0.569 e. The van der Waals surface area contributed by atoms with E-state index in [0.29, 0.717) is 11.2 Å². The monoisotopic (exact) mass is 1910 g/mol. The summed E-state index contributed by atoms with van der Waals surface area (Å²) < 4.78 is 19.0. The van der Waals surface area contributed by atoms with Gasteiger partial charge in [-0.05, 0) is 243 Å². The molecule has 0 saturated heterocycles. The van der Waals surface area contributed by atoms with Gasteiger partial charge in [0.1, 0.15) is 5.75 Å². The molecule has 1 radical (unpaired) electrons. The molecular formula is C120H82B2Br2Cl2N5O4. The van der Waals surface area contributed by atoms with Crippen molar-refractivity contribution >= 4 is 184 Å². The first-order valence-electron chi connectivity index (χ1n) is 44.5. The van der Waals surface area contributed by atoms with E-state index < -0.39 is 7.12 Å². The molecule has 0 atom stereocenters. The minimum atomic E-state index is -1.34. The largest absolute Gasteiger partial charge is 0.569 e. The van der Waals surface area contributed by atoms with Crippen LogP contribution in [0.2, 0.25) is 10.0 Å². The molecular weight excluding hydrogens is 1830 g/mol. The summed E-state index contributed by atoms with van der Waals surface area (Å²) in [4.78, 5) is 0. The van der Waals surface area contributed by atoms with Crippen LogP contribution in [0, 0.1) is 0 Å². The van der Waals surface area contributed by atoms with E-state index in [1.807, 2.05) is 66.7 Å². The molecule has 0 aliphatic carbocycles. The summed E-state index contributed by atoms with van der Waals surface area (Å²) in [7, 11) is -0.616. The molecule has 25 rings (SSSR count). The van der Waals surface area contributed by atoms with E-state index >= 15 is 0 Å². The molecule has 135 heavy (non-hydrogen) atoms. The van der Waals surface area contributed by atoms with Crippen molar-refractivity contribution in [1.82, 2.24) is 22.8 Å². The number of halogens is 4. The van der Waals surface area contributed by atoms with Crippen molar-refractivity contribution in [3.05, 3.63) is 498 Å². The van der Waals surface area contributed by atoms with E-state index in [1.54, 1.807) is 24.3 Å². The normalized spacial score (nSPS) is 11.2. The van der Waals surface area contributed by atoms with Gasteiger partial charge in [-0.3, -0.25) is 0 Å². The van der Waals surface area contributed by atoms with Gasteiger partial charge in [-0.15, -0.1) is 0 Å². The highest BCUT2D eigenvalue weighted by Crippen LogP contribution is 2.48. The van der Waals surface area contributed by atoms with Crippen LogP contribution in [0.15, 0.2) is 488 Å². The molecule has 3 N–H and O–H groups in total. The number of benzene rings is 20. The first-order valence-corrected chi connectivity index (χ1v) is 46.9. The van der Waals surface area contributed by atoms with Gasteiger partial charge < -0.3 is 42.6 Å². The summed E-state index contributed by atoms with van der Waals surface area (Å²) in [5.41, 5.74) is 29.7. The molecule has 0 aliphatic rings. The van der Waals surface area contributed by atoms with Crippen LogP contribution in [-0.4, -0.2) is 52.7 Å². The van der Waals surface area contributed by atoms with Gasteiger partial charge in [-0.2, -0.15) is 0 Å². The van der Waals surface area contributed by atoms with Crippen LogP contribution in [0.5, 0.6) is 5.75 Å².